The first kappa shape index (κ1) is 17.5. The van der Waals surface area contributed by atoms with E-state index in [-0.39, 0.29) is 22.4 Å². The summed E-state index contributed by atoms with van der Waals surface area (Å²) in [7, 11) is 0. The van der Waals surface area contributed by atoms with Crippen molar-refractivity contribution in [3.05, 3.63) is 40.9 Å². The molecule has 1 aromatic carbocycles. The predicted octanol–water partition coefficient (Wildman–Crippen LogP) is 2.18. The van der Waals surface area contributed by atoms with Crippen molar-refractivity contribution in [1.82, 2.24) is 4.98 Å². The van der Waals surface area contributed by atoms with Crippen LogP contribution in [-0.2, 0) is 14.3 Å². The molecule has 0 bridgehead atoms. The van der Waals surface area contributed by atoms with Gasteiger partial charge in [-0.25, -0.2) is 18.6 Å². The average Bonchev–Trinajstić information content (AvgIpc) is 2.96. The molecule has 0 saturated carbocycles. The minimum Gasteiger partial charge on any atom is -0.451 e. The number of rotatable bonds is 5. The summed E-state index contributed by atoms with van der Waals surface area (Å²) in [6.07, 6.45) is 0. The third kappa shape index (κ3) is 4.81. The van der Waals surface area contributed by atoms with Crippen LogP contribution in [0, 0.1) is 11.6 Å². The number of carbonyl (C=O) groups is 3. The first-order valence-corrected chi connectivity index (χ1v) is 7.38. The van der Waals surface area contributed by atoms with Gasteiger partial charge in [-0.15, -0.1) is 11.3 Å². The number of nitrogens with zero attached hydrogens (tertiary/aromatic N) is 1. The van der Waals surface area contributed by atoms with E-state index in [1.807, 2.05) is 0 Å². The molecule has 0 radical (unpaired) electrons. The van der Waals surface area contributed by atoms with Crippen molar-refractivity contribution in [2.45, 2.75) is 6.92 Å². The molecule has 2 N–H and O–H groups in total. The van der Waals surface area contributed by atoms with Crippen molar-refractivity contribution < 1.29 is 27.9 Å². The standard InChI is InChI=1S/C14H11F2N3O4S/c1-7(20)17-14-19-11(6-24-14)13(22)23-5-12(21)18-8-2-3-9(15)10(16)4-8/h2-4,6H,5H2,1H3,(H,18,21)(H,17,19,20). The van der Waals surface area contributed by atoms with Crippen molar-refractivity contribution in [3.63, 3.8) is 0 Å². The lowest BCUT2D eigenvalue weighted by atomic mass is 10.3. The molecule has 1 aromatic heterocycles. The van der Waals surface area contributed by atoms with E-state index in [1.165, 1.54) is 12.3 Å². The number of esters is 1. The fourth-order valence-corrected chi connectivity index (χ4v) is 2.28. The van der Waals surface area contributed by atoms with E-state index in [1.54, 1.807) is 0 Å². The van der Waals surface area contributed by atoms with Crippen LogP contribution >= 0.6 is 11.3 Å². The Bertz CT molecular complexity index is 794. The molecule has 2 rings (SSSR count). The predicted molar refractivity (Wildman–Crippen MR) is 81.7 cm³/mol. The number of carbonyl (C=O) groups excluding carboxylic acids is 3. The minimum absolute atomic E-state index is 0.0246. The molecule has 0 aliphatic rings. The molecule has 0 spiro atoms. The molecule has 7 nitrogen and oxygen atoms in total. The zero-order valence-corrected chi connectivity index (χ0v) is 13.1. The summed E-state index contributed by atoms with van der Waals surface area (Å²) in [6, 6.07) is 2.82. The summed E-state index contributed by atoms with van der Waals surface area (Å²) in [5.41, 5.74) is -0.0408. The van der Waals surface area contributed by atoms with Gasteiger partial charge in [-0.2, -0.15) is 0 Å². The Morgan fingerprint density at radius 2 is 1.96 bits per heavy atom. The van der Waals surface area contributed by atoms with E-state index in [4.69, 9.17) is 4.74 Å². The SMILES string of the molecule is CC(=O)Nc1nc(C(=O)OCC(=O)Nc2ccc(F)c(F)c2)cs1. The van der Waals surface area contributed by atoms with Crippen LogP contribution in [0.2, 0.25) is 0 Å². The van der Waals surface area contributed by atoms with Gasteiger partial charge >= 0.3 is 5.97 Å². The van der Waals surface area contributed by atoms with Crippen molar-refractivity contribution >= 4 is 39.9 Å². The van der Waals surface area contributed by atoms with Crippen LogP contribution in [0.15, 0.2) is 23.6 Å². The lowest BCUT2D eigenvalue weighted by Gasteiger charge is -2.06. The Morgan fingerprint density at radius 1 is 1.21 bits per heavy atom. The molecular formula is C14H11F2N3O4S. The summed E-state index contributed by atoms with van der Waals surface area (Å²) in [5.74, 6) is -4.08. The van der Waals surface area contributed by atoms with Gasteiger partial charge in [0.05, 0.1) is 0 Å². The lowest BCUT2D eigenvalue weighted by molar-refractivity contribution is -0.119. The van der Waals surface area contributed by atoms with Gasteiger partial charge in [-0.3, -0.25) is 9.59 Å². The maximum atomic E-state index is 13.0. The third-order valence-electron chi connectivity index (χ3n) is 2.53. The molecule has 10 heteroatoms. The van der Waals surface area contributed by atoms with Gasteiger partial charge in [0.15, 0.2) is 29.1 Å². The van der Waals surface area contributed by atoms with E-state index >= 15 is 0 Å². The van der Waals surface area contributed by atoms with Crippen LogP contribution in [0.5, 0.6) is 0 Å². The van der Waals surface area contributed by atoms with Crippen LogP contribution in [0.4, 0.5) is 19.6 Å². The zero-order valence-electron chi connectivity index (χ0n) is 12.3. The number of ether oxygens (including phenoxy) is 1. The molecule has 0 aliphatic carbocycles. The molecule has 0 fully saturated rings. The van der Waals surface area contributed by atoms with Gasteiger partial charge in [0.25, 0.3) is 5.91 Å². The van der Waals surface area contributed by atoms with Crippen molar-refractivity contribution in [2.24, 2.45) is 0 Å². The number of halogens is 2. The Labute approximate surface area is 138 Å². The molecule has 0 saturated heterocycles. The highest BCUT2D eigenvalue weighted by Crippen LogP contribution is 2.16. The van der Waals surface area contributed by atoms with E-state index < -0.39 is 30.1 Å². The molecular weight excluding hydrogens is 344 g/mol. The van der Waals surface area contributed by atoms with E-state index in [0.29, 0.717) is 0 Å². The number of hydrogen-bond donors (Lipinski definition) is 2. The highest BCUT2D eigenvalue weighted by atomic mass is 32.1. The summed E-state index contributed by atoms with van der Waals surface area (Å²) in [6.45, 7) is 0.660. The van der Waals surface area contributed by atoms with Crippen molar-refractivity contribution in [2.75, 3.05) is 17.2 Å². The fourth-order valence-electron chi connectivity index (χ4n) is 1.55. The van der Waals surface area contributed by atoms with Crippen molar-refractivity contribution in [3.8, 4) is 0 Å². The van der Waals surface area contributed by atoms with Gasteiger partial charge in [-0.1, -0.05) is 0 Å². The number of nitrogens with one attached hydrogen (secondary N) is 2. The lowest BCUT2D eigenvalue weighted by Crippen LogP contribution is -2.21. The second kappa shape index (κ2) is 7.59. The van der Waals surface area contributed by atoms with Gasteiger partial charge < -0.3 is 15.4 Å². The van der Waals surface area contributed by atoms with Gasteiger partial charge in [0, 0.05) is 24.1 Å². The van der Waals surface area contributed by atoms with Crippen molar-refractivity contribution in [1.29, 1.82) is 0 Å². The second-order valence-electron chi connectivity index (χ2n) is 4.47. The van der Waals surface area contributed by atoms with E-state index in [2.05, 4.69) is 15.6 Å². The first-order chi connectivity index (χ1) is 11.3. The van der Waals surface area contributed by atoms with Crippen LogP contribution in [-0.4, -0.2) is 29.4 Å². The molecule has 2 amide bonds. The molecule has 126 valence electrons. The summed E-state index contributed by atoms with van der Waals surface area (Å²) < 4.78 is 30.5. The highest BCUT2D eigenvalue weighted by molar-refractivity contribution is 7.14. The molecule has 0 atom stereocenters. The number of benzene rings is 1. The Kier molecular flexibility index (Phi) is 5.53. The largest absolute Gasteiger partial charge is 0.451 e. The van der Waals surface area contributed by atoms with Crippen LogP contribution in [0.1, 0.15) is 17.4 Å². The average molecular weight is 355 g/mol. The van der Waals surface area contributed by atoms with E-state index in [0.717, 1.165) is 29.5 Å². The third-order valence-corrected chi connectivity index (χ3v) is 3.29. The van der Waals surface area contributed by atoms with Crippen LogP contribution in [0.3, 0.4) is 0 Å². The zero-order chi connectivity index (χ0) is 17.7. The quantitative estimate of drug-likeness (QED) is 0.801. The molecule has 2 aromatic rings. The normalized spacial score (nSPS) is 10.1. The summed E-state index contributed by atoms with van der Waals surface area (Å²) in [4.78, 5) is 38.0. The van der Waals surface area contributed by atoms with Gasteiger partial charge in [0.2, 0.25) is 5.91 Å². The second-order valence-corrected chi connectivity index (χ2v) is 5.33. The molecule has 1 heterocycles. The number of hydrogen-bond acceptors (Lipinski definition) is 6. The maximum Gasteiger partial charge on any atom is 0.358 e. The molecule has 0 aliphatic heterocycles. The smallest absolute Gasteiger partial charge is 0.358 e. The molecule has 0 unspecified atom stereocenters. The Balaban J connectivity index is 1.86. The van der Waals surface area contributed by atoms with Crippen LogP contribution < -0.4 is 10.6 Å². The monoisotopic (exact) mass is 355 g/mol. The van der Waals surface area contributed by atoms with E-state index in [9.17, 15) is 23.2 Å². The number of anilines is 2. The minimum atomic E-state index is -1.11. The molecule has 24 heavy (non-hydrogen) atoms. The number of thiazole rings is 1. The fraction of sp³-hybridized carbons (Fsp3) is 0.143. The van der Waals surface area contributed by atoms with Gasteiger partial charge in [0.1, 0.15) is 0 Å². The highest BCUT2D eigenvalue weighted by Gasteiger charge is 2.15. The topological polar surface area (TPSA) is 97.4 Å². The van der Waals surface area contributed by atoms with Gasteiger partial charge in [-0.05, 0) is 12.1 Å². The van der Waals surface area contributed by atoms with Crippen LogP contribution in [0.25, 0.3) is 0 Å². The number of aromatic nitrogens is 1. The Morgan fingerprint density at radius 3 is 2.62 bits per heavy atom. The first-order valence-electron chi connectivity index (χ1n) is 6.50. The summed E-state index contributed by atoms with van der Waals surface area (Å²) in [5, 5.41) is 6.24. The Hall–Kier alpha value is -2.88. The maximum absolute atomic E-state index is 13.0. The summed E-state index contributed by atoms with van der Waals surface area (Å²) >= 11 is 1.02. The number of amides is 2.